The number of carbonyl (C=O) groups excluding carboxylic acids is 4. The molecule has 0 rings (SSSR count). The maximum Gasteiger partial charge on any atom is 0.328 e. The number of nitrogens with one attached hydrogen (secondary N) is 3. The molecule has 30 heavy (non-hydrogen) atoms. The van der Waals surface area contributed by atoms with E-state index in [9.17, 15) is 24.0 Å². The second-order valence-corrected chi connectivity index (χ2v) is 6.09. The smallest absolute Gasteiger partial charge is 0.328 e. The first-order chi connectivity index (χ1) is 14.0. The van der Waals surface area contributed by atoms with Gasteiger partial charge in [0.1, 0.15) is 18.1 Å². The van der Waals surface area contributed by atoms with Crippen molar-refractivity contribution in [1.82, 2.24) is 16.0 Å². The summed E-state index contributed by atoms with van der Waals surface area (Å²) in [7, 11) is 0. The van der Waals surface area contributed by atoms with Gasteiger partial charge < -0.3 is 49.1 Å². The number of aliphatic hydroxyl groups is 1. The number of hydrogen-bond donors (Lipinski definition) is 9. The van der Waals surface area contributed by atoms with E-state index in [2.05, 4.69) is 20.9 Å². The molecule has 3 atom stereocenters. The van der Waals surface area contributed by atoms with Crippen molar-refractivity contribution in [3.63, 3.8) is 0 Å². The van der Waals surface area contributed by atoms with Gasteiger partial charge in [-0.3, -0.25) is 24.2 Å². The van der Waals surface area contributed by atoms with Crippen molar-refractivity contribution in [3.05, 3.63) is 0 Å². The number of carboxylic acid groups (broad SMARTS) is 1. The van der Waals surface area contributed by atoms with Crippen molar-refractivity contribution in [2.45, 2.75) is 37.4 Å². The molecule has 0 aliphatic rings. The fourth-order valence-corrected chi connectivity index (χ4v) is 2.17. The van der Waals surface area contributed by atoms with Crippen LogP contribution in [-0.4, -0.2) is 83.6 Å². The number of guanidine groups is 1. The van der Waals surface area contributed by atoms with E-state index in [0.29, 0.717) is 0 Å². The first-order valence-electron chi connectivity index (χ1n) is 8.79. The van der Waals surface area contributed by atoms with Crippen LogP contribution in [0.15, 0.2) is 4.99 Å². The van der Waals surface area contributed by atoms with E-state index in [4.69, 9.17) is 33.1 Å². The molecule has 0 aromatic heterocycles. The van der Waals surface area contributed by atoms with Crippen LogP contribution in [0.1, 0.15) is 19.3 Å². The SMILES string of the molecule is NCC(=O)NC(CC(N)=O)C(=O)NC(CCCN=C(N)N)C(=O)NC(CO)C(=O)O. The molecule has 4 amide bonds. The van der Waals surface area contributed by atoms with Crippen LogP contribution in [0.4, 0.5) is 0 Å². The number of carboxylic acids is 1. The quantitative estimate of drug-likeness (QED) is 0.0712. The summed E-state index contributed by atoms with van der Waals surface area (Å²) in [5.74, 6) is -5.15. The number of aliphatic hydroxyl groups excluding tert-OH is 1. The predicted molar refractivity (Wildman–Crippen MR) is 103 cm³/mol. The monoisotopic (exact) mass is 432 g/mol. The molecule has 170 valence electrons. The van der Waals surface area contributed by atoms with Gasteiger partial charge in [-0.1, -0.05) is 0 Å². The van der Waals surface area contributed by atoms with Gasteiger partial charge in [0.25, 0.3) is 0 Å². The predicted octanol–water partition coefficient (Wildman–Crippen LogP) is -5.59. The van der Waals surface area contributed by atoms with Crippen molar-refractivity contribution in [2.75, 3.05) is 19.7 Å². The molecule has 0 radical (unpaired) electrons. The molecule has 3 unspecified atom stereocenters. The van der Waals surface area contributed by atoms with Gasteiger partial charge in [-0.2, -0.15) is 0 Å². The highest BCUT2D eigenvalue weighted by atomic mass is 16.4. The first-order valence-corrected chi connectivity index (χ1v) is 8.79. The van der Waals surface area contributed by atoms with Crippen LogP contribution in [0.25, 0.3) is 0 Å². The van der Waals surface area contributed by atoms with Crippen LogP contribution < -0.4 is 38.9 Å². The maximum atomic E-state index is 12.5. The largest absolute Gasteiger partial charge is 0.480 e. The lowest BCUT2D eigenvalue weighted by Crippen LogP contribution is -2.57. The summed E-state index contributed by atoms with van der Waals surface area (Å²) in [6.07, 6.45) is -0.378. The van der Waals surface area contributed by atoms with E-state index in [1.54, 1.807) is 0 Å². The molecule has 0 bridgehead atoms. The second kappa shape index (κ2) is 13.7. The second-order valence-electron chi connectivity index (χ2n) is 6.09. The Bertz CT molecular complexity index is 665. The number of carbonyl (C=O) groups is 5. The molecule has 13 N–H and O–H groups in total. The molecule has 15 heteroatoms. The Hall–Kier alpha value is -3.46. The average Bonchev–Trinajstić information content (AvgIpc) is 2.66. The van der Waals surface area contributed by atoms with E-state index in [0.717, 1.165) is 0 Å². The van der Waals surface area contributed by atoms with E-state index < -0.39 is 67.3 Å². The van der Waals surface area contributed by atoms with Crippen LogP contribution in [0.2, 0.25) is 0 Å². The Morgan fingerprint density at radius 1 is 0.900 bits per heavy atom. The minimum absolute atomic E-state index is 0.0275. The summed E-state index contributed by atoms with van der Waals surface area (Å²) >= 11 is 0. The Kier molecular flexibility index (Phi) is 12.1. The highest BCUT2D eigenvalue weighted by molar-refractivity contribution is 5.95. The molecule has 0 aromatic carbocycles. The number of aliphatic imine (C=N–C) groups is 1. The normalized spacial score (nSPS) is 13.3. The molecule has 0 saturated heterocycles. The summed E-state index contributed by atoms with van der Waals surface area (Å²) in [5.41, 5.74) is 20.6. The summed E-state index contributed by atoms with van der Waals surface area (Å²) < 4.78 is 0. The number of nitrogens with two attached hydrogens (primary N) is 4. The maximum absolute atomic E-state index is 12.5. The molecule has 0 aliphatic carbocycles. The zero-order chi connectivity index (χ0) is 23.3. The molecular weight excluding hydrogens is 404 g/mol. The van der Waals surface area contributed by atoms with Crippen LogP contribution in [0.5, 0.6) is 0 Å². The molecule has 0 spiro atoms. The van der Waals surface area contributed by atoms with Crippen molar-refractivity contribution < 1.29 is 34.2 Å². The van der Waals surface area contributed by atoms with Gasteiger partial charge >= 0.3 is 5.97 Å². The average molecular weight is 432 g/mol. The Morgan fingerprint density at radius 3 is 1.93 bits per heavy atom. The third-order valence-corrected chi connectivity index (χ3v) is 3.62. The van der Waals surface area contributed by atoms with Crippen molar-refractivity contribution in [1.29, 1.82) is 0 Å². The molecule has 0 saturated carbocycles. The molecule has 0 aliphatic heterocycles. The number of aliphatic carboxylic acids is 1. The third-order valence-electron chi connectivity index (χ3n) is 3.62. The number of amides is 4. The lowest BCUT2D eigenvalue weighted by atomic mass is 10.1. The molecular formula is C15H28N8O7. The summed E-state index contributed by atoms with van der Waals surface area (Å²) in [6.45, 7) is -1.23. The van der Waals surface area contributed by atoms with Gasteiger partial charge in [-0.15, -0.1) is 0 Å². The highest BCUT2D eigenvalue weighted by Crippen LogP contribution is 2.02. The molecule has 15 nitrogen and oxygen atoms in total. The fraction of sp³-hybridized carbons (Fsp3) is 0.600. The van der Waals surface area contributed by atoms with Gasteiger partial charge in [-0.25, -0.2) is 4.79 Å². The summed E-state index contributed by atoms with van der Waals surface area (Å²) in [4.78, 5) is 62.3. The summed E-state index contributed by atoms with van der Waals surface area (Å²) in [5, 5.41) is 24.6. The summed E-state index contributed by atoms with van der Waals surface area (Å²) in [6, 6.07) is -4.29. The lowest BCUT2D eigenvalue weighted by Gasteiger charge is -2.23. The van der Waals surface area contributed by atoms with Crippen molar-refractivity contribution in [2.24, 2.45) is 27.9 Å². The van der Waals surface area contributed by atoms with Crippen LogP contribution in [0, 0.1) is 0 Å². The molecule has 0 aromatic rings. The third kappa shape index (κ3) is 10.8. The fourth-order valence-electron chi connectivity index (χ4n) is 2.17. The molecule has 0 fully saturated rings. The van der Waals surface area contributed by atoms with Gasteiger partial charge in [0.15, 0.2) is 5.96 Å². The number of rotatable bonds is 14. The van der Waals surface area contributed by atoms with Crippen LogP contribution in [-0.2, 0) is 24.0 Å². The van der Waals surface area contributed by atoms with Gasteiger partial charge in [0.2, 0.25) is 23.6 Å². The Morgan fingerprint density at radius 2 is 1.47 bits per heavy atom. The van der Waals surface area contributed by atoms with Crippen LogP contribution >= 0.6 is 0 Å². The van der Waals surface area contributed by atoms with E-state index in [-0.39, 0.29) is 25.3 Å². The van der Waals surface area contributed by atoms with Gasteiger partial charge in [0, 0.05) is 6.54 Å². The van der Waals surface area contributed by atoms with Crippen molar-refractivity contribution >= 4 is 35.6 Å². The number of hydrogen-bond acceptors (Lipinski definition) is 8. The van der Waals surface area contributed by atoms with Gasteiger partial charge in [0.05, 0.1) is 19.6 Å². The van der Waals surface area contributed by atoms with E-state index >= 15 is 0 Å². The number of primary amides is 1. The van der Waals surface area contributed by atoms with Crippen molar-refractivity contribution in [3.8, 4) is 0 Å². The minimum atomic E-state index is -1.60. The first kappa shape index (κ1) is 26.5. The lowest BCUT2D eigenvalue weighted by molar-refractivity contribution is -0.143. The molecule has 0 heterocycles. The zero-order valence-electron chi connectivity index (χ0n) is 16.2. The number of nitrogens with zero attached hydrogens (tertiary/aromatic N) is 1. The topological polar surface area (TPSA) is 278 Å². The Labute approximate surface area is 171 Å². The van der Waals surface area contributed by atoms with Gasteiger partial charge in [-0.05, 0) is 12.8 Å². The van der Waals surface area contributed by atoms with Crippen LogP contribution in [0.3, 0.4) is 0 Å². The zero-order valence-corrected chi connectivity index (χ0v) is 16.2. The minimum Gasteiger partial charge on any atom is -0.480 e. The Balaban J connectivity index is 5.37. The standard InChI is InChI=1S/C15H28N8O7/c16-5-11(26)21-8(4-10(17)25)13(28)22-7(2-1-3-20-15(18)19)12(27)23-9(6-24)14(29)30/h7-9,24H,1-6,16H2,(H2,17,25)(H,21,26)(H,22,28)(H,23,27)(H,29,30)(H4,18,19,20). The highest BCUT2D eigenvalue weighted by Gasteiger charge is 2.29. The van der Waals surface area contributed by atoms with E-state index in [1.807, 2.05) is 0 Å². The van der Waals surface area contributed by atoms with E-state index in [1.165, 1.54) is 0 Å².